The van der Waals surface area contributed by atoms with Crippen molar-refractivity contribution in [2.45, 2.75) is 49.9 Å². The van der Waals surface area contributed by atoms with Gasteiger partial charge in [0.15, 0.2) is 0 Å². The highest BCUT2D eigenvalue weighted by Crippen LogP contribution is 2.42. The van der Waals surface area contributed by atoms with Crippen molar-refractivity contribution in [3.63, 3.8) is 0 Å². The first-order chi connectivity index (χ1) is 9.00. The molecule has 2 heterocycles. The Morgan fingerprint density at radius 1 is 1.05 bits per heavy atom. The molecule has 3 rings (SSSR count). The lowest BCUT2D eigenvalue weighted by atomic mass is 9.94. The Bertz CT molecular complexity index is 411. The van der Waals surface area contributed by atoms with Gasteiger partial charge < -0.3 is 15.3 Å². The van der Waals surface area contributed by atoms with E-state index >= 15 is 0 Å². The van der Waals surface area contributed by atoms with Crippen LogP contribution in [0.4, 0.5) is 9.59 Å². The van der Waals surface area contributed by atoms with Crippen molar-refractivity contribution in [2.24, 2.45) is 5.92 Å². The summed E-state index contributed by atoms with van der Waals surface area (Å²) in [6.45, 7) is 0.173. The van der Waals surface area contributed by atoms with Crippen LogP contribution in [0.5, 0.6) is 0 Å². The third-order valence-electron chi connectivity index (χ3n) is 4.63. The number of likely N-dealkylation sites (tertiary alicyclic amines) is 1. The zero-order chi connectivity index (χ0) is 13.7. The molecule has 3 fully saturated rings. The lowest BCUT2D eigenvalue weighted by Gasteiger charge is -2.46. The number of hydrogen-bond donors (Lipinski definition) is 3. The number of aliphatic hydroxyl groups excluding tert-OH is 1. The Morgan fingerprint density at radius 2 is 1.74 bits per heavy atom. The molecule has 1 unspecified atom stereocenters. The number of fused-ring (bicyclic) bond motifs is 2. The number of nitrogens with zero attached hydrogens (tertiary/aromatic N) is 2. The lowest BCUT2D eigenvalue weighted by Crippen LogP contribution is -2.65. The van der Waals surface area contributed by atoms with Gasteiger partial charge in [0.1, 0.15) is 0 Å². The molecule has 106 valence electrons. The summed E-state index contributed by atoms with van der Waals surface area (Å²) >= 11 is 0. The molecule has 7 nitrogen and oxygen atoms in total. The molecule has 0 spiro atoms. The second-order valence-electron chi connectivity index (χ2n) is 5.74. The number of amides is 2. The van der Waals surface area contributed by atoms with E-state index in [1.165, 1.54) is 9.80 Å². The minimum Gasteiger partial charge on any atom is -0.465 e. The summed E-state index contributed by atoms with van der Waals surface area (Å²) in [5.41, 5.74) is 0. The Kier molecular flexibility index (Phi) is 2.81. The summed E-state index contributed by atoms with van der Waals surface area (Å²) in [6.07, 6.45) is 0.283. The van der Waals surface area contributed by atoms with E-state index in [0.29, 0.717) is 12.8 Å². The molecule has 19 heavy (non-hydrogen) atoms. The molecule has 4 atom stereocenters. The first-order valence-electron chi connectivity index (χ1n) is 6.69. The Morgan fingerprint density at radius 3 is 2.26 bits per heavy atom. The molecule has 2 saturated heterocycles. The normalized spacial score (nSPS) is 35.3. The highest BCUT2D eigenvalue weighted by Gasteiger charge is 2.54. The second-order valence-corrected chi connectivity index (χ2v) is 5.74. The van der Waals surface area contributed by atoms with Gasteiger partial charge in [-0.05, 0) is 31.6 Å². The number of hydrogen-bond acceptors (Lipinski definition) is 3. The summed E-state index contributed by atoms with van der Waals surface area (Å²) < 4.78 is 0. The Labute approximate surface area is 110 Å². The molecule has 3 N–H and O–H groups in total. The predicted molar refractivity (Wildman–Crippen MR) is 63.9 cm³/mol. The van der Waals surface area contributed by atoms with E-state index in [-0.39, 0.29) is 18.5 Å². The predicted octanol–water partition coefficient (Wildman–Crippen LogP) is 0.630. The van der Waals surface area contributed by atoms with Crippen molar-refractivity contribution in [1.82, 2.24) is 9.80 Å². The fourth-order valence-corrected chi connectivity index (χ4v) is 3.62. The highest BCUT2D eigenvalue weighted by molar-refractivity contribution is 5.70. The maximum absolute atomic E-state index is 11.4. The molecular weight excluding hydrogens is 252 g/mol. The van der Waals surface area contributed by atoms with Gasteiger partial charge >= 0.3 is 12.2 Å². The monoisotopic (exact) mass is 270 g/mol. The van der Waals surface area contributed by atoms with E-state index in [1.54, 1.807) is 0 Å². The van der Waals surface area contributed by atoms with Gasteiger partial charge in [-0.25, -0.2) is 9.59 Å². The van der Waals surface area contributed by atoms with Crippen LogP contribution in [0.15, 0.2) is 0 Å². The zero-order valence-corrected chi connectivity index (χ0v) is 10.5. The lowest BCUT2D eigenvalue weighted by molar-refractivity contribution is -0.0352. The largest absolute Gasteiger partial charge is 0.465 e. The van der Waals surface area contributed by atoms with Crippen molar-refractivity contribution in [3.8, 4) is 0 Å². The third-order valence-corrected chi connectivity index (χ3v) is 4.63. The van der Waals surface area contributed by atoms with Crippen LogP contribution in [0.1, 0.15) is 25.7 Å². The maximum atomic E-state index is 11.4. The second kappa shape index (κ2) is 4.26. The minimum absolute atomic E-state index is 0.125. The molecule has 0 radical (unpaired) electrons. The quantitative estimate of drug-likeness (QED) is 0.683. The van der Waals surface area contributed by atoms with Gasteiger partial charge in [-0.3, -0.25) is 9.80 Å². The van der Waals surface area contributed by atoms with Crippen LogP contribution in [0, 0.1) is 5.92 Å². The minimum atomic E-state index is -1.06. The summed E-state index contributed by atoms with van der Waals surface area (Å²) in [7, 11) is 0. The van der Waals surface area contributed by atoms with Gasteiger partial charge in [0.05, 0.1) is 24.2 Å². The van der Waals surface area contributed by atoms with Crippen molar-refractivity contribution >= 4 is 12.2 Å². The molecule has 1 aliphatic carbocycles. The van der Waals surface area contributed by atoms with E-state index in [0.717, 1.165) is 12.8 Å². The van der Waals surface area contributed by atoms with Gasteiger partial charge in [-0.2, -0.15) is 0 Å². The van der Waals surface area contributed by atoms with Crippen LogP contribution < -0.4 is 0 Å². The van der Waals surface area contributed by atoms with Crippen LogP contribution in [0.25, 0.3) is 0 Å². The maximum Gasteiger partial charge on any atom is 0.407 e. The van der Waals surface area contributed by atoms with Gasteiger partial charge in [0.2, 0.25) is 0 Å². The molecular formula is C12H18N2O5. The fraction of sp³-hybridized carbons (Fsp3) is 0.833. The van der Waals surface area contributed by atoms with Crippen LogP contribution in [-0.4, -0.2) is 68.1 Å². The molecule has 7 heteroatoms. The first kappa shape index (κ1) is 12.5. The highest BCUT2D eigenvalue weighted by atomic mass is 16.4. The standard InChI is InChI=1S/C12H18N2O5/c15-10(6-1-2-6)9-8-4-3-7(14(8)12(18)19)5-13(9)11(16)17/h6-10,15H,1-5H2,(H,16,17)(H,18,19)/t7-,8+,9+,10?/m1/s1. The average Bonchev–Trinajstić information content (AvgIpc) is 3.13. The number of carboxylic acid groups (broad SMARTS) is 2. The first-order valence-corrected chi connectivity index (χ1v) is 6.69. The average molecular weight is 270 g/mol. The smallest absolute Gasteiger partial charge is 0.407 e. The van der Waals surface area contributed by atoms with Crippen molar-refractivity contribution in [3.05, 3.63) is 0 Å². The number of carbonyl (C=O) groups is 2. The molecule has 3 aliphatic rings. The number of rotatable bonds is 2. The van der Waals surface area contributed by atoms with Crippen LogP contribution in [0.2, 0.25) is 0 Å². The van der Waals surface area contributed by atoms with Gasteiger partial charge in [0.25, 0.3) is 0 Å². The molecule has 2 bridgehead atoms. The van der Waals surface area contributed by atoms with E-state index in [1.807, 2.05) is 0 Å². The van der Waals surface area contributed by atoms with Crippen LogP contribution >= 0.6 is 0 Å². The summed E-state index contributed by atoms with van der Waals surface area (Å²) in [5, 5.41) is 28.9. The van der Waals surface area contributed by atoms with Gasteiger partial charge in [-0.1, -0.05) is 0 Å². The fourth-order valence-electron chi connectivity index (χ4n) is 3.62. The van der Waals surface area contributed by atoms with Crippen molar-refractivity contribution in [2.75, 3.05) is 6.54 Å². The number of piperazine rings is 1. The molecule has 0 aromatic rings. The van der Waals surface area contributed by atoms with Gasteiger partial charge in [0, 0.05) is 6.54 Å². The van der Waals surface area contributed by atoms with E-state index < -0.39 is 30.4 Å². The van der Waals surface area contributed by atoms with E-state index in [2.05, 4.69) is 0 Å². The third kappa shape index (κ3) is 1.92. The summed E-state index contributed by atoms with van der Waals surface area (Å²) in [5.74, 6) is 0.125. The Hall–Kier alpha value is -1.50. The van der Waals surface area contributed by atoms with Gasteiger partial charge in [-0.15, -0.1) is 0 Å². The van der Waals surface area contributed by atoms with Crippen molar-refractivity contribution in [1.29, 1.82) is 0 Å². The summed E-state index contributed by atoms with van der Waals surface area (Å²) in [6, 6.07) is -1.27. The van der Waals surface area contributed by atoms with E-state index in [9.17, 15) is 24.9 Å². The topological polar surface area (TPSA) is 101 Å². The molecule has 2 amide bonds. The summed E-state index contributed by atoms with van der Waals surface area (Å²) in [4.78, 5) is 25.3. The van der Waals surface area contributed by atoms with Crippen molar-refractivity contribution < 1.29 is 24.9 Å². The van der Waals surface area contributed by atoms with Crippen LogP contribution in [-0.2, 0) is 0 Å². The molecule has 0 aromatic carbocycles. The molecule has 2 aliphatic heterocycles. The Balaban J connectivity index is 1.90. The molecule has 0 aromatic heterocycles. The van der Waals surface area contributed by atoms with E-state index in [4.69, 9.17) is 0 Å². The SMILES string of the molecule is O=C(O)N1C[C@H]2CC[C@@H]([C@H]1C(O)C1CC1)N2C(=O)O. The van der Waals surface area contributed by atoms with Crippen LogP contribution in [0.3, 0.4) is 0 Å². The zero-order valence-electron chi connectivity index (χ0n) is 10.5. The molecule has 1 saturated carbocycles. The number of aliphatic hydroxyl groups is 1.